The molecule has 23 heavy (non-hydrogen) atoms. The zero-order chi connectivity index (χ0) is 17.0. The molecule has 6 nitrogen and oxygen atoms in total. The van der Waals surface area contributed by atoms with Gasteiger partial charge in [0.15, 0.2) is 0 Å². The first kappa shape index (κ1) is 17.9. The van der Waals surface area contributed by atoms with Gasteiger partial charge in [-0.05, 0) is 50.1 Å². The Morgan fingerprint density at radius 3 is 2.52 bits per heavy atom. The lowest BCUT2D eigenvalue weighted by Gasteiger charge is -2.17. The Hall–Kier alpha value is -1.44. The Balaban J connectivity index is 2.17. The molecule has 0 spiro atoms. The number of hydrogen-bond acceptors (Lipinski definition) is 4. The average Bonchev–Trinajstić information content (AvgIpc) is 2.74. The summed E-state index contributed by atoms with van der Waals surface area (Å²) in [5.41, 5.74) is 2.13. The average molecular weight is 339 g/mol. The van der Waals surface area contributed by atoms with Crippen molar-refractivity contribution < 1.29 is 13.2 Å². The standard InChI is InChI=1S/C16H25N3O3S/c1-12(17-3)11-18-23(21,22)16-5-4-14-6-8-19(13(2)20)9-7-15(14)10-16/h4-5,10,12,17-18H,6-9,11H2,1-3H3. The number of amides is 1. The monoisotopic (exact) mass is 339 g/mol. The highest BCUT2D eigenvalue weighted by atomic mass is 32.2. The number of nitrogens with zero attached hydrogens (tertiary/aromatic N) is 1. The molecule has 2 N–H and O–H groups in total. The molecule has 0 bridgehead atoms. The predicted octanol–water partition coefficient (Wildman–Crippen LogP) is 0.520. The fourth-order valence-electron chi connectivity index (χ4n) is 2.60. The van der Waals surface area contributed by atoms with Crippen LogP contribution in [0.15, 0.2) is 23.1 Å². The van der Waals surface area contributed by atoms with Gasteiger partial charge in [0, 0.05) is 32.6 Å². The highest BCUT2D eigenvalue weighted by molar-refractivity contribution is 7.89. The summed E-state index contributed by atoms with van der Waals surface area (Å²) in [6.45, 7) is 5.14. The molecule has 1 aromatic carbocycles. The van der Waals surface area contributed by atoms with Gasteiger partial charge in [-0.3, -0.25) is 4.79 Å². The number of hydrogen-bond donors (Lipinski definition) is 2. The van der Waals surface area contributed by atoms with Gasteiger partial charge >= 0.3 is 0 Å². The van der Waals surface area contributed by atoms with Crippen molar-refractivity contribution in [3.63, 3.8) is 0 Å². The van der Waals surface area contributed by atoms with E-state index in [-0.39, 0.29) is 16.8 Å². The van der Waals surface area contributed by atoms with Crippen LogP contribution in [0.5, 0.6) is 0 Å². The highest BCUT2D eigenvalue weighted by Crippen LogP contribution is 2.20. The quantitative estimate of drug-likeness (QED) is 0.820. The summed E-state index contributed by atoms with van der Waals surface area (Å²) < 4.78 is 27.4. The fraction of sp³-hybridized carbons (Fsp3) is 0.562. The zero-order valence-electron chi connectivity index (χ0n) is 13.9. The minimum atomic E-state index is -3.51. The highest BCUT2D eigenvalue weighted by Gasteiger charge is 2.20. The molecule has 1 amide bonds. The normalized spacial score (nSPS) is 16.6. The number of fused-ring (bicyclic) bond motifs is 1. The minimum absolute atomic E-state index is 0.0633. The number of carbonyl (C=O) groups is 1. The molecule has 2 rings (SSSR count). The molecule has 0 fully saturated rings. The predicted molar refractivity (Wildman–Crippen MR) is 89.8 cm³/mol. The molecule has 1 aliphatic heterocycles. The van der Waals surface area contributed by atoms with E-state index in [0.717, 1.165) is 17.5 Å². The Bertz CT molecular complexity index is 673. The van der Waals surface area contributed by atoms with Crippen molar-refractivity contribution in [3.8, 4) is 0 Å². The van der Waals surface area contributed by atoms with Crippen LogP contribution >= 0.6 is 0 Å². The first-order chi connectivity index (χ1) is 10.8. The molecule has 0 aromatic heterocycles. The molecule has 0 saturated heterocycles. The first-order valence-electron chi connectivity index (χ1n) is 7.87. The van der Waals surface area contributed by atoms with Gasteiger partial charge in [0.25, 0.3) is 0 Å². The maximum Gasteiger partial charge on any atom is 0.240 e. The molecule has 1 heterocycles. The number of nitrogens with one attached hydrogen (secondary N) is 2. The van der Waals surface area contributed by atoms with Crippen molar-refractivity contribution in [2.45, 2.75) is 37.6 Å². The molecule has 0 radical (unpaired) electrons. The second-order valence-corrected chi connectivity index (χ2v) is 7.75. The molecule has 0 aliphatic carbocycles. The van der Waals surface area contributed by atoms with Gasteiger partial charge in [-0.25, -0.2) is 13.1 Å². The smallest absolute Gasteiger partial charge is 0.240 e. The third-order valence-electron chi connectivity index (χ3n) is 4.31. The summed E-state index contributed by atoms with van der Waals surface area (Å²) in [6, 6.07) is 5.32. The minimum Gasteiger partial charge on any atom is -0.342 e. The Morgan fingerprint density at radius 1 is 1.26 bits per heavy atom. The molecular weight excluding hydrogens is 314 g/mol. The third kappa shape index (κ3) is 4.53. The fourth-order valence-corrected chi connectivity index (χ4v) is 3.78. The zero-order valence-corrected chi connectivity index (χ0v) is 14.7. The summed E-state index contributed by atoms with van der Waals surface area (Å²) in [6.07, 6.45) is 1.45. The molecular formula is C16H25N3O3S. The van der Waals surface area contributed by atoms with E-state index >= 15 is 0 Å². The van der Waals surface area contributed by atoms with Gasteiger partial charge in [0.1, 0.15) is 0 Å². The van der Waals surface area contributed by atoms with Crippen molar-refractivity contribution >= 4 is 15.9 Å². The Kier molecular flexibility index (Phi) is 5.78. The van der Waals surface area contributed by atoms with Gasteiger partial charge < -0.3 is 10.2 Å². The summed E-state index contributed by atoms with van der Waals surface area (Å²) in [5.74, 6) is 0.0633. The second-order valence-electron chi connectivity index (χ2n) is 5.98. The SMILES string of the molecule is CNC(C)CNS(=O)(=O)c1ccc2c(c1)CCN(C(C)=O)CC2. The van der Waals surface area contributed by atoms with E-state index in [1.54, 1.807) is 31.0 Å². The molecule has 128 valence electrons. The van der Waals surface area contributed by atoms with Crippen LogP contribution in [0.1, 0.15) is 25.0 Å². The third-order valence-corrected chi connectivity index (χ3v) is 5.73. The van der Waals surface area contributed by atoms with E-state index in [0.29, 0.717) is 26.1 Å². The lowest BCUT2D eigenvalue weighted by Crippen LogP contribution is -2.37. The van der Waals surface area contributed by atoms with Gasteiger partial charge in [-0.15, -0.1) is 0 Å². The Morgan fingerprint density at radius 2 is 1.91 bits per heavy atom. The van der Waals surface area contributed by atoms with Crippen LogP contribution in [0, 0.1) is 0 Å². The lowest BCUT2D eigenvalue weighted by atomic mass is 10.0. The van der Waals surface area contributed by atoms with Crippen molar-refractivity contribution in [2.75, 3.05) is 26.7 Å². The summed E-state index contributed by atoms with van der Waals surface area (Å²) in [4.78, 5) is 13.6. The van der Waals surface area contributed by atoms with Crippen LogP contribution < -0.4 is 10.0 Å². The summed E-state index contributed by atoms with van der Waals surface area (Å²) in [5, 5.41) is 3.00. The topological polar surface area (TPSA) is 78.5 Å². The van der Waals surface area contributed by atoms with E-state index in [4.69, 9.17) is 0 Å². The number of rotatable bonds is 5. The summed E-state index contributed by atoms with van der Waals surface area (Å²) in [7, 11) is -1.72. The van der Waals surface area contributed by atoms with Crippen molar-refractivity contribution in [1.82, 2.24) is 14.9 Å². The van der Waals surface area contributed by atoms with Gasteiger partial charge in [0.2, 0.25) is 15.9 Å². The molecule has 1 unspecified atom stereocenters. The van der Waals surface area contributed by atoms with Crippen LogP contribution in [0.25, 0.3) is 0 Å². The van der Waals surface area contributed by atoms with Gasteiger partial charge in [-0.1, -0.05) is 6.07 Å². The maximum absolute atomic E-state index is 12.4. The number of likely N-dealkylation sites (N-methyl/N-ethyl adjacent to an activating group) is 1. The maximum atomic E-state index is 12.4. The van der Waals surface area contributed by atoms with Crippen molar-refractivity contribution in [2.24, 2.45) is 0 Å². The van der Waals surface area contributed by atoms with Crippen LogP contribution in [0.4, 0.5) is 0 Å². The molecule has 1 aromatic rings. The van der Waals surface area contributed by atoms with E-state index in [2.05, 4.69) is 10.0 Å². The first-order valence-corrected chi connectivity index (χ1v) is 9.36. The van der Waals surface area contributed by atoms with Crippen LogP contribution in [-0.4, -0.2) is 51.9 Å². The van der Waals surface area contributed by atoms with Crippen molar-refractivity contribution in [3.05, 3.63) is 29.3 Å². The van der Waals surface area contributed by atoms with E-state index in [9.17, 15) is 13.2 Å². The van der Waals surface area contributed by atoms with Gasteiger partial charge in [0.05, 0.1) is 4.90 Å². The number of carbonyl (C=O) groups excluding carboxylic acids is 1. The van der Waals surface area contributed by atoms with Crippen LogP contribution in [-0.2, 0) is 27.7 Å². The Labute approximate surface area is 138 Å². The van der Waals surface area contributed by atoms with Crippen LogP contribution in [0.2, 0.25) is 0 Å². The van der Waals surface area contributed by atoms with E-state index in [1.165, 1.54) is 0 Å². The molecule has 0 saturated carbocycles. The van der Waals surface area contributed by atoms with Crippen molar-refractivity contribution in [1.29, 1.82) is 0 Å². The molecule has 7 heteroatoms. The van der Waals surface area contributed by atoms with Gasteiger partial charge in [-0.2, -0.15) is 0 Å². The number of benzene rings is 1. The van der Waals surface area contributed by atoms with Crippen LogP contribution in [0.3, 0.4) is 0 Å². The molecule has 1 atom stereocenters. The largest absolute Gasteiger partial charge is 0.342 e. The molecule has 1 aliphatic rings. The summed E-state index contributed by atoms with van der Waals surface area (Å²) >= 11 is 0. The lowest BCUT2D eigenvalue weighted by molar-refractivity contribution is -0.128. The second kappa shape index (κ2) is 7.42. The number of sulfonamides is 1. The van der Waals surface area contributed by atoms with E-state index < -0.39 is 10.0 Å². The van der Waals surface area contributed by atoms with E-state index in [1.807, 2.05) is 13.0 Å².